The molecule has 1 aromatic heterocycles. The molecule has 1 heterocycles. The van der Waals surface area contributed by atoms with Gasteiger partial charge in [0.05, 0.1) is 35.9 Å². The molecule has 0 saturated heterocycles. The number of rotatable bonds is 9. The maximum Gasteiger partial charge on any atom is 0.401 e. The zero-order chi connectivity index (χ0) is 20.7. The molecule has 0 saturated carbocycles. The predicted molar refractivity (Wildman–Crippen MR) is 101 cm³/mol. The fourth-order valence-electron chi connectivity index (χ4n) is 2.85. The Balaban J connectivity index is 2.01. The van der Waals surface area contributed by atoms with Gasteiger partial charge in [0, 0.05) is 26.6 Å². The fourth-order valence-corrected chi connectivity index (χ4v) is 2.85. The molecule has 0 spiro atoms. The first-order valence-electron chi connectivity index (χ1n) is 8.91. The summed E-state index contributed by atoms with van der Waals surface area (Å²) in [5.41, 5.74) is 2.83. The van der Waals surface area contributed by atoms with Crippen molar-refractivity contribution in [3.63, 3.8) is 0 Å². The van der Waals surface area contributed by atoms with E-state index in [2.05, 4.69) is 10.4 Å². The Morgan fingerprint density at radius 1 is 1.21 bits per heavy atom. The lowest BCUT2D eigenvalue weighted by Gasteiger charge is -2.23. The standard InChI is InChI=1S/C19H25F3N4O2/c1-14-18(15(2)26(24-14)16-7-5-4-6-8-16)23-17(27)9-10-25(11-12-28-3)13-19(20,21)22/h4-8H,9-13H2,1-3H3,(H,23,27). The Labute approximate surface area is 162 Å². The van der Waals surface area contributed by atoms with Gasteiger partial charge in [-0.2, -0.15) is 18.3 Å². The van der Waals surface area contributed by atoms with Crippen LogP contribution in [0.2, 0.25) is 0 Å². The van der Waals surface area contributed by atoms with Crippen molar-refractivity contribution in [2.45, 2.75) is 26.4 Å². The lowest BCUT2D eigenvalue weighted by molar-refractivity contribution is -0.148. The molecule has 0 fully saturated rings. The average molecular weight is 398 g/mol. The molecule has 0 bridgehead atoms. The number of nitrogens with one attached hydrogen (secondary N) is 1. The maximum atomic E-state index is 12.7. The SMILES string of the molecule is COCCN(CCC(=O)Nc1c(C)nn(-c2ccccc2)c1C)CC(F)(F)F. The minimum atomic E-state index is -4.33. The first kappa shape index (κ1) is 21.9. The van der Waals surface area contributed by atoms with Gasteiger partial charge in [0.15, 0.2) is 0 Å². The number of methoxy groups -OCH3 is 1. The van der Waals surface area contributed by atoms with E-state index in [1.807, 2.05) is 37.3 Å². The van der Waals surface area contributed by atoms with Crippen LogP contribution in [-0.2, 0) is 9.53 Å². The normalized spacial score (nSPS) is 11.8. The molecular formula is C19H25F3N4O2. The maximum absolute atomic E-state index is 12.7. The number of anilines is 1. The summed E-state index contributed by atoms with van der Waals surface area (Å²) in [5.74, 6) is -0.358. The van der Waals surface area contributed by atoms with E-state index >= 15 is 0 Å². The third kappa shape index (κ3) is 6.35. The summed E-state index contributed by atoms with van der Waals surface area (Å²) in [4.78, 5) is 13.5. The number of amides is 1. The summed E-state index contributed by atoms with van der Waals surface area (Å²) in [6.07, 6.45) is -4.39. The summed E-state index contributed by atoms with van der Waals surface area (Å²) >= 11 is 0. The van der Waals surface area contributed by atoms with Gasteiger partial charge < -0.3 is 10.1 Å². The summed E-state index contributed by atoms with van der Waals surface area (Å²) in [5, 5.41) is 7.23. The van der Waals surface area contributed by atoms with Gasteiger partial charge >= 0.3 is 6.18 Å². The van der Waals surface area contributed by atoms with Crippen LogP contribution in [0.25, 0.3) is 5.69 Å². The number of benzene rings is 1. The second-order valence-corrected chi connectivity index (χ2v) is 6.48. The van der Waals surface area contributed by atoms with Crippen molar-refractivity contribution in [1.82, 2.24) is 14.7 Å². The van der Waals surface area contributed by atoms with Crippen molar-refractivity contribution < 1.29 is 22.7 Å². The molecule has 1 aromatic carbocycles. The smallest absolute Gasteiger partial charge is 0.383 e. The van der Waals surface area contributed by atoms with Gasteiger partial charge in [0.2, 0.25) is 5.91 Å². The zero-order valence-electron chi connectivity index (χ0n) is 16.2. The van der Waals surface area contributed by atoms with E-state index in [0.29, 0.717) is 11.4 Å². The van der Waals surface area contributed by atoms with Crippen molar-refractivity contribution in [2.75, 3.05) is 38.7 Å². The topological polar surface area (TPSA) is 59.4 Å². The average Bonchev–Trinajstić information content (AvgIpc) is 2.92. The highest BCUT2D eigenvalue weighted by molar-refractivity contribution is 5.92. The van der Waals surface area contributed by atoms with Crippen LogP contribution in [0.5, 0.6) is 0 Å². The number of halogens is 3. The molecule has 0 aliphatic carbocycles. The second kappa shape index (κ2) is 9.70. The summed E-state index contributed by atoms with van der Waals surface area (Å²) in [6, 6.07) is 9.47. The van der Waals surface area contributed by atoms with Crippen LogP contribution >= 0.6 is 0 Å². The lowest BCUT2D eigenvalue weighted by Crippen LogP contribution is -2.38. The quantitative estimate of drug-likeness (QED) is 0.704. The van der Waals surface area contributed by atoms with Gasteiger partial charge in [0.25, 0.3) is 0 Å². The van der Waals surface area contributed by atoms with E-state index in [4.69, 9.17) is 4.74 Å². The molecule has 28 heavy (non-hydrogen) atoms. The van der Waals surface area contributed by atoms with Crippen molar-refractivity contribution in [2.24, 2.45) is 0 Å². The van der Waals surface area contributed by atoms with E-state index in [0.717, 1.165) is 16.3 Å². The number of aryl methyl sites for hydroxylation is 1. The fraction of sp³-hybridized carbons (Fsp3) is 0.474. The molecule has 0 unspecified atom stereocenters. The van der Waals surface area contributed by atoms with Crippen molar-refractivity contribution >= 4 is 11.6 Å². The van der Waals surface area contributed by atoms with E-state index in [9.17, 15) is 18.0 Å². The van der Waals surface area contributed by atoms with Gasteiger partial charge in [-0.1, -0.05) is 18.2 Å². The summed E-state index contributed by atoms with van der Waals surface area (Å²) in [6.45, 7) is 2.79. The second-order valence-electron chi connectivity index (χ2n) is 6.48. The van der Waals surface area contributed by atoms with E-state index in [1.54, 1.807) is 11.6 Å². The lowest BCUT2D eigenvalue weighted by atomic mass is 10.2. The molecule has 9 heteroatoms. The number of alkyl halides is 3. The number of para-hydroxylation sites is 1. The van der Waals surface area contributed by atoms with Crippen LogP contribution in [0.15, 0.2) is 30.3 Å². The van der Waals surface area contributed by atoms with Crippen LogP contribution in [0.1, 0.15) is 17.8 Å². The highest BCUT2D eigenvalue weighted by Crippen LogP contribution is 2.23. The van der Waals surface area contributed by atoms with Gasteiger partial charge in [-0.15, -0.1) is 0 Å². The number of ether oxygens (including phenoxy) is 1. The highest BCUT2D eigenvalue weighted by Gasteiger charge is 2.30. The van der Waals surface area contributed by atoms with Gasteiger partial charge in [-0.25, -0.2) is 4.68 Å². The summed E-state index contributed by atoms with van der Waals surface area (Å²) < 4.78 is 44.6. The van der Waals surface area contributed by atoms with Crippen LogP contribution in [0.4, 0.5) is 18.9 Å². The molecule has 2 rings (SSSR count). The number of carbonyl (C=O) groups excluding carboxylic acids is 1. The third-order valence-corrected chi connectivity index (χ3v) is 4.23. The molecular weight excluding hydrogens is 373 g/mol. The van der Waals surface area contributed by atoms with Gasteiger partial charge in [0.1, 0.15) is 0 Å². The molecule has 0 aliphatic heterocycles. The molecule has 0 aliphatic rings. The van der Waals surface area contributed by atoms with Crippen LogP contribution in [0.3, 0.4) is 0 Å². The number of nitrogens with zero attached hydrogens (tertiary/aromatic N) is 3. The Morgan fingerprint density at radius 2 is 1.89 bits per heavy atom. The van der Waals surface area contributed by atoms with Crippen molar-refractivity contribution in [3.05, 3.63) is 41.7 Å². The van der Waals surface area contributed by atoms with Crippen LogP contribution < -0.4 is 5.32 Å². The molecule has 1 amide bonds. The van der Waals surface area contributed by atoms with Crippen molar-refractivity contribution in [3.8, 4) is 5.69 Å². The minimum absolute atomic E-state index is 0.0143. The monoisotopic (exact) mass is 398 g/mol. The Kier molecular flexibility index (Phi) is 7.59. The number of hydrogen-bond donors (Lipinski definition) is 1. The van der Waals surface area contributed by atoms with Gasteiger partial charge in [-0.3, -0.25) is 9.69 Å². The molecule has 154 valence electrons. The zero-order valence-corrected chi connectivity index (χ0v) is 16.2. The van der Waals surface area contributed by atoms with E-state index < -0.39 is 12.7 Å². The first-order chi connectivity index (χ1) is 13.2. The largest absolute Gasteiger partial charge is 0.401 e. The minimum Gasteiger partial charge on any atom is -0.383 e. The molecule has 2 aromatic rings. The summed E-state index contributed by atoms with van der Waals surface area (Å²) in [7, 11) is 1.43. The third-order valence-electron chi connectivity index (χ3n) is 4.23. The Bertz CT molecular complexity index is 775. The number of aromatic nitrogens is 2. The number of hydrogen-bond acceptors (Lipinski definition) is 4. The molecule has 6 nitrogen and oxygen atoms in total. The predicted octanol–water partition coefficient (Wildman–Crippen LogP) is 3.33. The van der Waals surface area contributed by atoms with E-state index in [1.165, 1.54) is 7.11 Å². The van der Waals surface area contributed by atoms with Crippen LogP contribution in [0, 0.1) is 13.8 Å². The van der Waals surface area contributed by atoms with Gasteiger partial charge in [-0.05, 0) is 26.0 Å². The molecule has 1 N–H and O–H groups in total. The first-order valence-corrected chi connectivity index (χ1v) is 8.91. The highest BCUT2D eigenvalue weighted by atomic mass is 19.4. The van der Waals surface area contributed by atoms with E-state index in [-0.39, 0.29) is 32.0 Å². The van der Waals surface area contributed by atoms with Crippen LogP contribution in [-0.4, -0.2) is 60.1 Å². The molecule has 0 atom stereocenters. The molecule has 0 radical (unpaired) electrons. The van der Waals surface area contributed by atoms with Crippen molar-refractivity contribution in [1.29, 1.82) is 0 Å². The number of carbonyl (C=O) groups is 1. The Morgan fingerprint density at radius 3 is 2.50 bits per heavy atom. The Hall–Kier alpha value is -2.39.